The van der Waals surface area contributed by atoms with Gasteiger partial charge in [-0.3, -0.25) is 4.99 Å². The Morgan fingerprint density at radius 2 is 2.26 bits per heavy atom. The molecule has 0 atom stereocenters. The smallest absolute Gasteiger partial charge is 0.213 e. The summed E-state index contributed by atoms with van der Waals surface area (Å²) in [6.45, 7) is 1.67. The number of thiophene rings is 1. The van der Waals surface area contributed by atoms with Crippen LogP contribution in [0, 0.1) is 5.92 Å². The lowest BCUT2D eigenvalue weighted by atomic mass is 9.86. The van der Waals surface area contributed by atoms with Crippen molar-refractivity contribution in [2.24, 2.45) is 10.9 Å². The van der Waals surface area contributed by atoms with Gasteiger partial charge in [0.15, 0.2) is 5.96 Å². The molecule has 130 valence electrons. The van der Waals surface area contributed by atoms with E-state index in [1.54, 1.807) is 18.4 Å². The quantitative estimate of drug-likeness (QED) is 0.545. The number of hydrogen-bond donors (Lipinski definition) is 2. The lowest BCUT2D eigenvalue weighted by molar-refractivity contribution is 0.316. The summed E-state index contributed by atoms with van der Waals surface area (Å²) in [6.07, 6.45) is 3.50. The Labute approximate surface area is 143 Å². The fourth-order valence-electron chi connectivity index (χ4n) is 2.43. The third-order valence-corrected chi connectivity index (χ3v) is 6.12. The highest BCUT2D eigenvalue weighted by Crippen LogP contribution is 2.25. The molecule has 1 saturated carbocycles. The number of nitrogens with zero attached hydrogens (tertiary/aromatic N) is 2. The van der Waals surface area contributed by atoms with Crippen LogP contribution in [-0.4, -0.2) is 52.2 Å². The number of sulfonamides is 1. The van der Waals surface area contributed by atoms with Gasteiger partial charge in [-0.15, -0.1) is 0 Å². The van der Waals surface area contributed by atoms with E-state index in [1.165, 1.54) is 12.0 Å². The maximum absolute atomic E-state index is 12.0. The van der Waals surface area contributed by atoms with Crippen LogP contribution >= 0.6 is 11.3 Å². The maximum atomic E-state index is 12.0. The van der Waals surface area contributed by atoms with Crippen LogP contribution in [0.2, 0.25) is 0 Å². The minimum absolute atomic E-state index is 0.0605. The van der Waals surface area contributed by atoms with Crippen LogP contribution in [0.1, 0.15) is 24.8 Å². The van der Waals surface area contributed by atoms with Gasteiger partial charge in [-0.1, -0.05) is 6.42 Å². The fraction of sp³-hybridized carbons (Fsp3) is 0.667. The highest BCUT2D eigenvalue weighted by molar-refractivity contribution is 7.89. The largest absolute Gasteiger partial charge is 0.355 e. The highest BCUT2D eigenvalue weighted by atomic mass is 32.2. The van der Waals surface area contributed by atoms with E-state index in [9.17, 15) is 8.42 Å². The minimum atomic E-state index is -3.22. The first-order chi connectivity index (χ1) is 11.0. The molecular weight excluding hydrogens is 332 g/mol. The van der Waals surface area contributed by atoms with Crippen LogP contribution in [0.3, 0.4) is 0 Å². The van der Waals surface area contributed by atoms with Crippen LogP contribution in [0.15, 0.2) is 21.8 Å². The van der Waals surface area contributed by atoms with Gasteiger partial charge in [-0.2, -0.15) is 11.3 Å². The Morgan fingerprint density at radius 1 is 1.48 bits per heavy atom. The third kappa shape index (κ3) is 6.12. The molecule has 6 nitrogen and oxygen atoms in total. The molecule has 0 aromatic carbocycles. The van der Waals surface area contributed by atoms with E-state index in [0.29, 0.717) is 25.0 Å². The molecule has 1 aromatic rings. The molecule has 0 amide bonds. The SMILES string of the molecule is CN=C(NCCS(=O)(=O)NCC1CCC1)N(C)Cc1ccsc1. The number of guanidine groups is 1. The number of aliphatic imine (C=N–C) groups is 1. The molecule has 1 fully saturated rings. The van der Waals surface area contributed by atoms with Crippen molar-refractivity contribution in [2.45, 2.75) is 25.8 Å². The van der Waals surface area contributed by atoms with Crippen LogP contribution in [0.5, 0.6) is 0 Å². The van der Waals surface area contributed by atoms with Gasteiger partial charge in [-0.25, -0.2) is 13.1 Å². The Morgan fingerprint density at radius 3 is 2.83 bits per heavy atom. The molecule has 1 aliphatic carbocycles. The maximum Gasteiger partial charge on any atom is 0.213 e. The average Bonchev–Trinajstić information content (AvgIpc) is 2.94. The topological polar surface area (TPSA) is 73.8 Å². The molecular formula is C15H26N4O2S2. The minimum Gasteiger partial charge on any atom is -0.355 e. The number of hydrogen-bond acceptors (Lipinski definition) is 4. The molecule has 0 saturated heterocycles. The summed E-state index contributed by atoms with van der Waals surface area (Å²) >= 11 is 1.66. The van der Waals surface area contributed by atoms with Gasteiger partial charge in [0, 0.05) is 33.7 Å². The van der Waals surface area contributed by atoms with Crippen molar-refractivity contribution in [3.63, 3.8) is 0 Å². The molecule has 1 heterocycles. The van der Waals surface area contributed by atoms with Gasteiger partial charge >= 0.3 is 0 Å². The second-order valence-electron chi connectivity index (χ2n) is 5.93. The van der Waals surface area contributed by atoms with E-state index in [-0.39, 0.29) is 5.75 Å². The van der Waals surface area contributed by atoms with Crippen molar-refractivity contribution < 1.29 is 8.42 Å². The predicted octanol–water partition coefficient (Wildman–Crippen LogP) is 1.47. The van der Waals surface area contributed by atoms with Crippen LogP contribution in [0.4, 0.5) is 0 Å². The van der Waals surface area contributed by atoms with E-state index >= 15 is 0 Å². The summed E-state index contributed by atoms with van der Waals surface area (Å²) in [7, 11) is 0.428. The molecule has 0 aliphatic heterocycles. The number of nitrogens with one attached hydrogen (secondary N) is 2. The molecule has 2 N–H and O–H groups in total. The highest BCUT2D eigenvalue weighted by Gasteiger charge is 2.20. The van der Waals surface area contributed by atoms with Crippen LogP contribution < -0.4 is 10.0 Å². The molecule has 0 spiro atoms. The molecule has 1 aromatic heterocycles. The van der Waals surface area contributed by atoms with Crippen LogP contribution in [-0.2, 0) is 16.6 Å². The standard InChI is InChI=1S/C15H26N4O2S2/c1-16-15(19(2)11-14-6-8-22-12-14)17-7-9-23(20,21)18-10-13-4-3-5-13/h6,8,12-13,18H,3-5,7,9-11H2,1-2H3,(H,16,17). The summed E-state index contributed by atoms with van der Waals surface area (Å²) in [5.74, 6) is 1.29. The van der Waals surface area contributed by atoms with E-state index in [0.717, 1.165) is 19.4 Å². The van der Waals surface area contributed by atoms with Crippen molar-refractivity contribution in [3.05, 3.63) is 22.4 Å². The summed E-state index contributed by atoms with van der Waals surface area (Å²) in [6, 6.07) is 2.07. The second kappa shape index (κ2) is 8.65. The van der Waals surface area contributed by atoms with Gasteiger partial charge in [0.2, 0.25) is 10.0 Å². The van der Waals surface area contributed by atoms with Gasteiger partial charge in [-0.05, 0) is 41.1 Å². The molecule has 0 bridgehead atoms. The van der Waals surface area contributed by atoms with Gasteiger partial charge in [0.25, 0.3) is 0 Å². The monoisotopic (exact) mass is 358 g/mol. The number of rotatable bonds is 8. The predicted molar refractivity (Wildman–Crippen MR) is 96.3 cm³/mol. The first-order valence-corrected chi connectivity index (χ1v) is 10.5. The molecule has 1 aliphatic rings. The average molecular weight is 359 g/mol. The normalized spacial score (nSPS) is 16.2. The Bertz CT molecular complexity index is 595. The third-order valence-electron chi connectivity index (χ3n) is 4.04. The molecule has 0 unspecified atom stereocenters. The molecule has 23 heavy (non-hydrogen) atoms. The summed E-state index contributed by atoms with van der Waals surface area (Å²) < 4.78 is 26.6. The summed E-state index contributed by atoms with van der Waals surface area (Å²) in [4.78, 5) is 6.19. The fourth-order valence-corrected chi connectivity index (χ4v) is 4.09. The first-order valence-electron chi connectivity index (χ1n) is 7.90. The second-order valence-corrected chi connectivity index (χ2v) is 8.63. The van der Waals surface area contributed by atoms with Gasteiger partial charge in [0.05, 0.1) is 5.75 Å². The van der Waals surface area contributed by atoms with E-state index < -0.39 is 10.0 Å². The van der Waals surface area contributed by atoms with Crippen molar-refractivity contribution in [1.82, 2.24) is 14.9 Å². The summed E-state index contributed by atoms with van der Waals surface area (Å²) in [5, 5.41) is 7.25. The molecule has 8 heteroatoms. The van der Waals surface area contributed by atoms with Crippen LogP contribution in [0.25, 0.3) is 0 Å². The van der Waals surface area contributed by atoms with Gasteiger partial charge in [0.1, 0.15) is 0 Å². The zero-order valence-electron chi connectivity index (χ0n) is 13.8. The van der Waals surface area contributed by atoms with E-state index in [4.69, 9.17) is 0 Å². The Kier molecular flexibility index (Phi) is 6.86. The lowest BCUT2D eigenvalue weighted by Crippen LogP contribution is -2.42. The van der Waals surface area contributed by atoms with Crippen molar-refractivity contribution in [2.75, 3.05) is 32.9 Å². The Hall–Kier alpha value is -1.12. The van der Waals surface area contributed by atoms with Crippen molar-refractivity contribution >= 4 is 27.3 Å². The van der Waals surface area contributed by atoms with Gasteiger partial charge < -0.3 is 10.2 Å². The van der Waals surface area contributed by atoms with E-state index in [2.05, 4.69) is 26.5 Å². The van der Waals surface area contributed by atoms with Crippen molar-refractivity contribution in [1.29, 1.82) is 0 Å². The Balaban J connectivity index is 1.71. The molecule has 0 radical (unpaired) electrons. The lowest BCUT2D eigenvalue weighted by Gasteiger charge is -2.25. The zero-order valence-corrected chi connectivity index (χ0v) is 15.4. The molecule has 2 rings (SSSR count). The summed E-state index contributed by atoms with van der Waals surface area (Å²) in [5.41, 5.74) is 1.22. The van der Waals surface area contributed by atoms with E-state index in [1.807, 2.05) is 17.3 Å². The first kappa shape index (κ1) is 18.2. The van der Waals surface area contributed by atoms with Crippen molar-refractivity contribution in [3.8, 4) is 0 Å². The zero-order chi connectivity index (χ0) is 16.7.